The number of carbonyl (C=O) groups excluding carboxylic acids is 1. The standard InChI is InChI=1S/C19H24N4O2S2/c1-3-23(4-2)15(14-9-11-26-13-14)12-20-17(24)7-8-18-21-19(22-25-18)16-6-5-10-27-16/h5-6,9-11,13,15H,3-4,7-8,12H2,1-2H3,(H,20,24). The lowest BCUT2D eigenvalue weighted by Gasteiger charge is -2.29. The topological polar surface area (TPSA) is 71.3 Å². The van der Waals surface area contributed by atoms with Crippen molar-refractivity contribution in [1.82, 2.24) is 20.4 Å². The number of rotatable bonds is 10. The summed E-state index contributed by atoms with van der Waals surface area (Å²) in [6, 6.07) is 6.22. The van der Waals surface area contributed by atoms with Crippen molar-refractivity contribution in [3.05, 3.63) is 45.8 Å². The molecule has 0 saturated heterocycles. The number of amides is 1. The van der Waals surface area contributed by atoms with Crippen LogP contribution in [-0.2, 0) is 11.2 Å². The van der Waals surface area contributed by atoms with Crippen molar-refractivity contribution in [2.75, 3.05) is 19.6 Å². The molecular formula is C19H24N4O2S2. The van der Waals surface area contributed by atoms with Gasteiger partial charge in [-0.15, -0.1) is 11.3 Å². The summed E-state index contributed by atoms with van der Waals surface area (Å²) in [6.45, 7) is 6.78. The highest BCUT2D eigenvalue weighted by molar-refractivity contribution is 7.13. The summed E-state index contributed by atoms with van der Waals surface area (Å²) in [6.07, 6.45) is 0.777. The molecule has 1 unspecified atom stereocenters. The average Bonchev–Trinajstić information content (AvgIpc) is 3.44. The van der Waals surface area contributed by atoms with Crippen LogP contribution in [0.2, 0.25) is 0 Å². The first-order valence-corrected chi connectivity index (χ1v) is 10.9. The van der Waals surface area contributed by atoms with E-state index < -0.39 is 0 Å². The van der Waals surface area contributed by atoms with Gasteiger partial charge in [-0.1, -0.05) is 25.1 Å². The number of carbonyl (C=O) groups is 1. The quantitative estimate of drug-likeness (QED) is 0.553. The molecule has 0 aliphatic carbocycles. The van der Waals surface area contributed by atoms with Crippen LogP contribution in [0.4, 0.5) is 0 Å². The second-order valence-corrected chi connectivity index (χ2v) is 7.81. The zero-order valence-electron chi connectivity index (χ0n) is 15.6. The van der Waals surface area contributed by atoms with E-state index >= 15 is 0 Å². The number of thiophene rings is 2. The highest BCUT2D eigenvalue weighted by Crippen LogP contribution is 2.23. The maximum Gasteiger partial charge on any atom is 0.227 e. The third-order valence-corrected chi connectivity index (χ3v) is 6.02. The maximum absolute atomic E-state index is 12.3. The van der Waals surface area contributed by atoms with Crippen molar-refractivity contribution in [3.8, 4) is 10.7 Å². The molecule has 0 spiro atoms. The predicted molar refractivity (Wildman–Crippen MR) is 109 cm³/mol. The fourth-order valence-electron chi connectivity index (χ4n) is 2.97. The second kappa shape index (κ2) is 9.77. The van der Waals surface area contributed by atoms with Gasteiger partial charge in [-0.05, 0) is 46.9 Å². The van der Waals surface area contributed by atoms with E-state index in [0.29, 0.717) is 31.1 Å². The molecule has 0 saturated carbocycles. The summed E-state index contributed by atoms with van der Waals surface area (Å²) >= 11 is 3.25. The number of hydrogen-bond acceptors (Lipinski definition) is 7. The third kappa shape index (κ3) is 5.24. The van der Waals surface area contributed by atoms with Crippen molar-refractivity contribution in [1.29, 1.82) is 0 Å². The van der Waals surface area contributed by atoms with Crippen molar-refractivity contribution < 1.29 is 9.32 Å². The molecule has 3 rings (SSSR count). The van der Waals surface area contributed by atoms with Crippen molar-refractivity contribution >= 4 is 28.6 Å². The number of hydrogen-bond donors (Lipinski definition) is 1. The van der Waals surface area contributed by atoms with E-state index in [1.165, 1.54) is 5.56 Å². The summed E-state index contributed by atoms with van der Waals surface area (Å²) < 4.78 is 5.26. The Bertz CT molecular complexity index is 811. The molecule has 1 atom stereocenters. The third-order valence-electron chi connectivity index (χ3n) is 4.45. The lowest BCUT2D eigenvalue weighted by Crippen LogP contribution is -2.38. The molecule has 6 nitrogen and oxygen atoms in total. The van der Waals surface area contributed by atoms with E-state index in [0.717, 1.165) is 18.0 Å². The zero-order chi connectivity index (χ0) is 19.1. The van der Waals surface area contributed by atoms with Crippen LogP contribution in [0.3, 0.4) is 0 Å². The summed E-state index contributed by atoms with van der Waals surface area (Å²) in [5.74, 6) is 1.07. The largest absolute Gasteiger partial charge is 0.354 e. The van der Waals surface area contributed by atoms with Gasteiger partial charge in [0.2, 0.25) is 17.6 Å². The van der Waals surface area contributed by atoms with E-state index in [4.69, 9.17) is 4.52 Å². The number of nitrogens with one attached hydrogen (secondary N) is 1. The van der Waals surface area contributed by atoms with Crippen molar-refractivity contribution in [3.63, 3.8) is 0 Å². The van der Waals surface area contributed by atoms with Gasteiger partial charge < -0.3 is 9.84 Å². The summed E-state index contributed by atoms with van der Waals surface area (Å²) in [7, 11) is 0. The molecule has 0 aliphatic heterocycles. The van der Waals surface area contributed by atoms with Gasteiger partial charge >= 0.3 is 0 Å². The second-order valence-electron chi connectivity index (χ2n) is 6.09. The molecule has 3 heterocycles. The molecule has 0 bridgehead atoms. The minimum absolute atomic E-state index is 0.00161. The Kier molecular flexibility index (Phi) is 7.14. The number of nitrogens with zero attached hydrogens (tertiary/aromatic N) is 3. The van der Waals surface area contributed by atoms with Crippen LogP contribution < -0.4 is 5.32 Å². The Hall–Kier alpha value is -2.03. The molecular weight excluding hydrogens is 380 g/mol. The minimum atomic E-state index is -0.00161. The maximum atomic E-state index is 12.3. The van der Waals surface area contributed by atoms with Gasteiger partial charge in [0.25, 0.3) is 0 Å². The molecule has 0 fully saturated rings. The van der Waals surface area contributed by atoms with Gasteiger partial charge in [0.1, 0.15) is 0 Å². The smallest absolute Gasteiger partial charge is 0.227 e. The molecule has 0 aromatic carbocycles. The molecule has 27 heavy (non-hydrogen) atoms. The van der Waals surface area contributed by atoms with Crippen LogP contribution in [0.5, 0.6) is 0 Å². The molecule has 0 radical (unpaired) electrons. The van der Waals surface area contributed by atoms with Gasteiger partial charge in [0.05, 0.1) is 10.9 Å². The van der Waals surface area contributed by atoms with Crippen LogP contribution >= 0.6 is 22.7 Å². The number of aromatic nitrogens is 2. The Morgan fingerprint density at radius 3 is 2.81 bits per heavy atom. The Labute approximate surface area is 167 Å². The Morgan fingerprint density at radius 1 is 1.30 bits per heavy atom. The minimum Gasteiger partial charge on any atom is -0.354 e. The van der Waals surface area contributed by atoms with Crippen LogP contribution in [-0.4, -0.2) is 40.6 Å². The predicted octanol–water partition coefficient (Wildman–Crippen LogP) is 3.99. The van der Waals surface area contributed by atoms with Crippen molar-refractivity contribution in [2.45, 2.75) is 32.7 Å². The monoisotopic (exact) mass is 404 g/mol. The number of aryl methyl sites for hydroxylation is 1. The summed E-state index contributed by atoms with van der Waals surface area (Å²) in [5, 5.41) is 13.2. The summed E-state index contributed by atoms with van der Waals surface area (Å²) in [4.78, 5) is 20.0. The van der Waals surface area contributed by atoms with Gasteiger partial charge in [-0.2, -0.15) is 16.3 Å². The van der Waals surface area contributed by atoms with Crippen LogP contribution in [0.1, 0.15) is 37.8 Å². The van der Waals surface area contributed by atoms with Gasteiger partial charge in [0.15, 0.2) is 0 Å². The Balaban J connectivity index is 1.51. The Morgan fingerprint density at radius 2 is 2.15 bits per heavy atom. The molecule has 8 heteroatoms. The van der Waals surface area contributed by atoms with E-state index in [1.54, 1.807) is 22.7 Å². The lowest BCUT2D eigenvalue weighted by molar-refractivity contribution is -0.121. The van der Waals surface area contributed by atoms with E-state index in [9.17, 15) is 4.79 Å². The van der Waals surface area contributed by atoms with E-state index in [2.05, 4.69) is 51.0 Å². The van der Waals surface area contributed by atoms with Crippen LogP contribution in [0.15, 0.2) is 38.9 Å². The summed E-state index contributed by atoms with van der Waals surface area (Å²) in [5.41, 5.74) is 1.25. The van der Waals surface area contributed by atoms with E-state index in [1.807, 2.05) is 17.5 Å². The molecule has 144 valence electrons. The van der Waals surface area contributed by atoms with Gasteiger partial charge in [-0.3, -0.25) is 9.69 Å². The average molecular weight is 405 g/mol. The fraction of sp³-hybridized carbons (Fsp3) is 0.421. The molecule has 3 aromatic heterocycles. The highest BCUT2D eigenvalue weighted by atomic mass is 32.1. The van der Waals surface area contributed by atoms with Crippen LogP contribution in [0.25, 0.3) is 10.7 Å². The van der Waals surface area contributed by atoms with Gasteiger partial charge in [0, 0.05) is 19.4 Å². The van der Waals surface area contributed by atoms with Crippen LogP contribution in [0, 0.1) is 0 Å². The normalized spacial score (nSPS) is 12.4. The van der Waals surface area contributed by atoms with E-state index in [-0.39, 0.29) is 11.9 Å². The molecule has 1 N–H and O–H groups in total. The molecule has 3 aromatic rings. The number of likely N-dealkylation sites (N-methyl/N-ethyl adjacent to an activating group) is 1. The van der Waals surface area contributed by atoms with Crippen molar-refractivity contribution in [2.24, 2.45) is 0 Å². The fourth-order valence-corrected chi connectivity index (χ4v) is 4.32. The van der Waals surface area contributed by atoms with Gasteiger partial charge in [-0.25, -0.2) is 0 Å². The lowest BCUT2D eigenvalue weighted by atomic mass is 10.1. The molecule has 0 aliphatic rings. The molecule has 1 amide bonds. The SMILES string of the molecule is CCN(CC)C(CNC(=O)CCc1nc(-c2cccs2)no1)c1ccsc1. The first-order chi connectivity index (χ1) is 13.2. The zero-order valence-corrected chi connectivity index (χ0v) is 17.2. The first kappa shape index (κ1) is 19.7. The first-order valence-electron chi connectivity index (χ1n) is 9.10. The highest BCUT2D eigenvalue weighted by Gasteiger charge is 2.19.